The van der Waals surface area contributed by atoms with Crippen molar-refractivity contribution < 1.29 is 4.42 Å². The van der Waals surface area contributed by atoms with Crippen molar-refractivity contribution in [2.75, 3.05) is 0 Å². The molecule has 0 amide bonds. The van der Waals surface area contributed by atoms with Gasteiger partial charge in [-0.15, -0.1) is 0 Å². The second-order valence-electron chi connectivity index (χ2n) is 3.80. The van der Waals surface area contributed by atoms with Gasteiger partial charge in [-0.25, -0.2) is 0 Å². The van der Waals surface area contributed by atoms with Crippen LogP contribution >= 0.6 is 11.8 Å². The van der Waals surface area contributed by atoms with E-state index in [1.807, 2.05) is 42.7 Å². The maximum absolute atomic E-state index is 5.38. The average molecular weight is 253 g/mol. The van der Waals surface area contributed by atoms with Gasteiger partial charge in [0.2, 0.25) is 0 Å². The minimum Gasteiger partial charge on any atom is -0.464 e. The molecule has 0 radical (unpaired) electrons. The first-order valence-corrected chi connectivity index (χ1v) is 6.45. The highest BCUT2D eigenvalue weighted by Crippen LogP contribution is 2.29. The molecule has 0 unspecified atom stereocenters. The molecule has 0 saturated heterocycles. The Hall–Kier alpha value is -2.00. The SMILES string of the molecule is c1ccc(Sc2cncc(-c3ccco3)c2)cc1. The molecule has 2 nitrogen and oxygen atoms in total. The summed E-state index contributed by atoms with van der Waals surface area (Å²) < 4.78 is 5.38. The average Bonchev–Trinajstić information content (AvgIpc) is 2.94. The maximum Gasteiger partial charge on any atom is 0.135 e. The summed E-state index contributed by atoms with van der Waals surface area (Å²) in [5.74, 6) is 0.845. The van der Waals surface area contributed by atoms with E-state index in [0.29, 0.717) is 0 Å². The number of aromatic nitrogens is 1. The van der Waals surface area contributed by atoms with Gasteiger partial charge in [-0.2, -0.15) is 0 Å². The lowest BCUT2D eigenvalue weighted by Crippen LogP contribution is -1.80. The number of pyridine rings is 1. The molecule has 0 fully saturated rings. The van der Waals surface area contributed by atoms with Crippen molar-refractivity contribution in [2.45, 2.75) is 9.79 Å². The van der Waals surface area contributed by atoms with Gasteiger partial charge < -0.3 is 4.42 Å². The smallest absolute Gasteiger partial charge is 0.135 e. The lowest BCUT2D eigenvalue weighted by Gasteiger charge is -2.02. The Morgan fingerprint density at radius 3 is 2.56 bits per heavy atom. The molecule has 0 aliphatic carbocycles. The third-order valence-electron chi connectivity index (χ3n) is 2.50. The maximum atomic E-state index is 5.38. The molecular formula is C15H11NOS. The van der Waals surface area contributed by atoms with Gasteiger partial charge in [-0.1, -0.05) is 30.0 Å². The summed E-state index contributed by atoms with van der Waals surface area (Å²) in [6.07, 6.45) is 5.35. The minimum absolute atomic E-state index is 0.845. The van der Waals surface area contributed by atoms with Gasteiger partial charge in [0.05, 0.1) is 6.26 Å². The Bertz CT molecular complexity index is 620. The van der Waals surface area contributed by atoms with Gasteiger partial charge in [0.15, 0.2) is 0 Å². The van der Waals surface area contributed by atoms with Gasteiger partial charge in [-0.05, 0) is 30.3 Å². The first kappa shape index (κ1) is 11.1. The summed E-state index contributed by atoms with van der Waals surface area (Å²) in [5.41, 5.74) is 1.00. The van der Waals surface area contributed by atoms with E-state index in [4.69, 9.17) is 4.42 Å². The van der Waals surface area contributed by atoms with Gasteiger partial charge in [0.25, 0.3) is 0 Å². The number of furan rings is 1. The highest BCUT2D eigenvalue weighted by molar-refractivity contribution is 7.99. The van der Waals surface area contributed by atoms with Gasteiger partial charge in [0, 0.05) is 27.7 Å². The Kier molecular flexibility index (Phi) is 3.15. The third kappa shape index (κ3) is 2.46. The normalized spacial score (nSPS) is 10.4. The van der Waals surface area contributed by atoms with Crippen LogP contribution in [0.3, 0.4) is 0 Å². The standard InChI is InChI=1S/C15H11NOS/c1-2-5-13(6-3-1)18-14-9-12(10-16-11-14)15-7-4-8-17-15/h1-11H. The third-order valence-corrected chi connectivity index (χ3v) is 3.46. The first-order valence-electron chi connectivity index (χ1n) is 5.64. The Balaban J connectivity index is 1.88. The second kappa shape index (κ2) is 5.10. The molecular weight excluding hydrogens is 242 g/mol. The Morgan fingerprint density at radius 2 is 1.78 bits per heavy atom. The van der Waals surface area contributed by atoms with E-state index in [0.717, 1.165) is 16.2 Å². The fourth-order valence-corrected chi connectivity index (χ4v) is 2.54. The van der Waals surface area contributed by atoms with Crippen molar-refractivity contribution in [2.24, 2.45) is 0 Å². The van der Waals surface area contributed by atoms with Crippen molar-refractivity contribution in [3.8, 4) is 11.3 Å². The number of benzene rings is 1. The van der Waals surface area contributed by atoms with Crippen molar-refractivity contribution in [3.05, 3.63) is 67.2 Å². The molecule has 0 N–H and O–H groups in total. The van der Waals surface area contributed by atoms with Crippen molar-refractivity contribution in [1.82, 2.24) is 4.98 Å². The van der Waals surface area contributed by atoms with Crippen LogP contribution in [0.25, 0.3) is 11.3 Å². The lowest BCUT2D eigenvalue weighted by atomic mass is 10.2. The summed E-state index contributed by atoms with van der Waals surface area (Å²) in [5, 5.41) is 0. The molecule has 2 aromatic heterocycles. The number of hydrogen-bond donors (Lipinski definition) is 0. The van der Waals surface area contributed by atoms with E-state index >= 15 is 0 Å². The molecule has 0 aliphatic heterocycles. The summed E-state index contributed by atoms with van der Waals surface area (Å²) in [7, 11) is 0. The molecule has 0 aliphatic rings. The molecule has 0 spiro atoms. The molecule has 3 rings (SSSR count). The predicted octanol–water partition coefficient (Wildman–Crippen LogP) is 4.49. The van der Waals surface area contributed by atoms with Crippen molar-refractivity contribution in [3.63, 3.8) is 0 Å². The molecule has 3 heteroatoms. The Labute approximate surface area is 110 Å². The molecule has 0 saturated carbocycles. The number of hydrogen-bond acceptors (Lipinski definition) is 3. The molecule has 0 atom stereocenters. The van der Waals surface area contributed by atoms with Crippen LogP contribution in [-0.4, -0.2) is 4.98 Å². The minimum atomic E-state index is 0.845. The van der Waals surface area contributed by atoms with Crippen LogP contribution in [0.1, 0.15) is 0 Å². The van der Waals surface area contributed by atoms with Crippen molar-refractivity contribution >= 4 is 11.8 Å². The summed E-state index contributed by atoms with van der Waals surface area (Å²) in [6, 6.07) is 16.2. The summed E-state index contributed by atoms with van der Waals surface area (Å²) >= 11 is 1.69. The van der Waals surface area contributed by atoms with Crippen LogP contribution in [0.2, 0.25) is 0 Å². The predicted molar refractivity (Wildman–Crippen MR) is 72.5 cm³/mol. The molecule has 3 aromatic rings. The largest absolute Gasteiger partial charge is 0.464 e. The quantitative estimate of drug-likeness (QED) is 0.687. The van der Waals surface area contributed by atoms with E-state index < -0.39 is 0 Å². The molecule has 1 aromatic carbocycles. The number of nitrogens with zero attached hydrogens (tertiary/aromatic N) is 1. The first-order chi connectivity index (χ1) is 8.92. The Morgan fingerprint density at radius 1 is 0.889 bits per heavy atom. The highest BCUT2D eigenvalue weighted by Gasteiger charge is 2.03. The zero-order chi connectivity index (χ0) is 12.2. The van der Waals surface area contributed by atoms with Gasteiger partial charge in [-0.3, -0.25) is 4.98 Å². The topological polar surface area (TPSA) is 26.0 Å². The van der Waals surface area contributed by atoms with Gasteiger partial charge in [0.1, 0.15) is 5.76 Å². The molecule has 18 heavy (non-hydrogen) atoms. The molecule has 88 valence electrons. The van der Waals surface area contributed by atoms with Crippen LogP contribution < -0.4 is 0 Å². The monoisotopic (exact) mass is 253 g/mol. The fourth-order valence-electron chi connectivity index (χ4n) is 1.68. The van der Waals surface area contributed by atoms with Gasteiger partial charge >= 0.3 is 0 Å². The molecule has 0 bridgehead atoms. The van der Waals surface area contributed by atoms with E-state index in [1.165, 1.54) is 4.90 Å². The summed E-state index contributed by atoms with van der Waals surface area (Å²) in [6.45, 7) is 0. The van der Waals surface area contributed by atoms with Crippen LogP contribution in [0.4, 0.5) is 0 Å². The van der Waals surface area contributed by atoms with E-state index in [9.17, 15) is 0 Å². The summed E-state index contributed by atoms with van der Waals surface area (Å²) in [4.78, 5) is 6.57. The van der Waals surface area contributed by atoms with E-state index in [-0.39, 0.29) is 0 Å². The fraction of sp³-hybridized carbons (Fsp3) is 0. The second-order valence-corrected chi connectivity index (χ2v) is 4.95. The zero-order valence-corrected chi connectivity index (χ0v) is 10.4. The lowest BCUT2D eigenvalue weighted by molar-refractivity contribution is 0.582. The van der Waals surface area contributed by atoms with E-state index in [1.54, 1.807) is 18.0 Å². The van der Waals surface area contributed by atoms with Crippen molar-refractivity contribution in [1.29, 1.82) is 0 Å². The zero-order valence-electron chi connectivity index (χ0n) is 9.61. The van der Waals surface area contributed by atoms with Crippen LogP contribution in [-0.2, 0) is 0 Å². The molecule has 2 heterocycles. The van der Waals surface area contributed by atoms with Crippen LogP contribution in [0.5, 0.6) is 0 Å². The van der Waals surface area contributed by atoms with Crippen LogP contribution in [0, 0.1) is 0 Å². The van der Waals surface area contributed by atoms with E-state index in [2.05, 4.69) is 23.2 Å². The van der Waals surface area contributed by atoms with Crippen LogP contribution in [0.15, 0.2) is 81.4 Å². The highest BCUT2D eigenvalue weighted by atomic mass is 32.2. The number of rotatable bonds is 3.